The number of hydrogen-bond acceptors (Lipinski definition) is 2. The van der Waals surface area contributed by atoms with Crippen molar-refractivity contribution in [2.45, 2.75) is 51.0 Å². The number of rotatable bonds is 4. The first kappa shape index (κ1) is 17.6. The van der Waals surface area contributed by atoms with Crippen LogP contribution in [0.15, 0.2) is 18.2 Å². The van der Waals surface area contributed by atoms with Crippen molar-refractivity contribution in [1.29, 1.82) is 0 Å². The minimum atomic E-state index is -0.289. The Hall–Kier alpha value is -1.26. The molecule has 2 fully saturated rings. The molecule has 4 nitrogen and oxygen atoms in total. The largest absolute Gasteiger partial charge is 0.353 e. The molecule has 2 atom stereocenters. The van der Waals surface area contributed by atoms with Gasteiger partial charge in [-0.3, -0.25) is 9.59 Å². The van der Waals surface area contributed by atoms with Crippen molar-refractivity contribution >= 4 is 40.7 Å². The number of carbonyl (C=O) groups is 2. The lowest BCUT2D eigenvalue weighted by Gasteiger charge is -2.16. The maximum atomic E-state index is 12.3. The summed E-state index contributed by atoms with van der Waals surface area (Å²) in [4.78, 5) is 24.7. The number of amides is 2. The van der Waals surface area contributed by atoms with Crippen LogP contribution in [0.2, 0.25) is 10.0 Å². The Morgan fingerprint density at radius 3 is 2.12 bits per heavy atom. The van der Waals surface area contributed by atoms with Gasteiger partial charge in [-0.15, -0.1) is 0 Å². The second-order valence-corrected chi connectivity index (χ2v) is 7.55. The van der Waals surface area contributed by atoms with Crippen molar-refractivity contribution < 1.29 is 9.59 Å². The molecule has 3 rings (SSSR count). The van der Waals surface area contributed by atoms with Crippen LogP contribution in [-0.4, -0.2) is 17.9 Å². The van der Waals surface area contributed by atoms with Crippen molar-refractivity contribution in [1.82, 2.24) is 5.32 Å². The highest BCUT2D eigenvalue weighted by molar-refractivity contribution is 6.39. The van der Waals surface area contributed by atoms with Gasteiger partial charge in [0.25, 0.3) is 0 Å². The predicted octanol–water partition coefficient (Wildman–Crippen LogP) is 4.41. The molecule has 24 heavy (non-hydrogen) atoms. The van der Waals surface area contributed by atoms with E-state index >= 15 is 0 Å². The summed E-state index contributed by atoms with van der Waals surface area (Å²) >= 11 is 12.1. The maximum Gasteiger partial charge on any atom is 0.228 e. The van der Waals surface area contributed by atoms with E-state index in [1.165, 1.54) is 25.7 Å². The zero-order valence-electron chi connectivity index (χ0n) is 13.5. The molecule has 0 radical (unpaired) electrons. The lowest BCUT2D eigenvalue weighted by Crippen LogP contribution is -2.36. The van der Waals surface area contributed by atoms with E-state index in [1.54, 1.807) is 18.2 Å². The minimum Gasteiger partial charge on any atom is -0.353 e. The Morgan fingerprint density at radius 2 is 1.50 bits per heavy atom. The van der Waals surface area contributed by atoms with E-state index in [4.69, 9.17) is 23.2 Å². The van der Waals surface area contributed by atoms with Crippen molar-refractivity contribution in [2.75, 3.05) is 5.32 Å². The molecule has 0 heterocycles. The summed E-state index contributed by atoms with van der Waals surface area (Å²) in [5.74, 6) is -0.698. The highest BCUT2D eigenvalue weighted by Crippen LogP contribution is 2.41. The fourth-order valence-electron chi connectivity index (χ4n) is 3.34. The second-order valence-electron chi connectivity index (χ2n) is 6.73. The topological polar surface area (TPSA) is 58.2 Å². The first-order chi connectivity index (χ1) is 11.6. The average Bonchev–Trinajstić information content (AvgIpc) is 3.35. The van der Waals surface area contributed by atoms with Gasteiger partial charge in [0.1, 0.15) is 0 Å². The summed E-state index contributed by atoms with van der Waals surface area (Å²) in [6.07, 6.45) is 7.52. The van der Waals surface area contributed by atoms with Crippen LogP contribution in [0.5, 0.6) is 0 Å². The van der Waals surface area contributed by atoms with Crippen molar-refractivity contribution in [3.8, 4) is 0 Å². The number of anilines is 1. The monoisotopic (exact) mass is 368 g/mol. The van der Waals surface area contributed by atoms with E-state index in [0.29, 0.717) is 22.2 Å². The molecule has 0 spiro atoms. The summed E-state index contributed by atoms with van der Waals surface area (Å²) in [5, 5.41) is 6.68. The van der Waals surface area contributed by atoms with Gasteiger partial charge in [0, 0.05) is 6.04 Å². The highest BCUT2D eigenvalue weighted by atomic mass is 35.5. The van der Waals surface area contributed by atoms with Gasteiger partial charge in [-0.25, -0.2) is 0 Å². The zero-order chi connectivity index (χ0) is 17.1. The van der Waals surface area contributed by atoms with Gasteiger partial charge in [0.05, 0.1) is 27.6 Å². The van der Waals surface area contributed by atoms with Crippen molar-refractivity contribution in [3.05, 3.63) is 28.2 Å². The van der Waals surface area contributed by atoms with Crippen LogP contribution in [0.4, 0.5) is 5.69 Å². The van der Waals surface area contributed by atoms with Gasteiger partial charge in [-0.2, -0.15) is 0 Å². The Labute approximate surface area is 152 Å². The van der Waals surface area contributed by atoms with Crippen LogP contribution in [0, 0.1) is 11.8 Å². The molecule has 1 aromatic rings. The summed E-state index contributed by atoms with van der Waals surface area (Å²) in [7, 11) is 0. The van der Waals surface area contributed by atoms with Gasteiger partial charge >= 0.3 is 0 Å². The Balaban J connectivity index is 1.52. The smallest absolute Gasteiger partial charge is 0.228 e. The van der Waals surface area contributed by atoms with Crippen LogP contribution in [0.1, 0.15) is 44.9 Å². The predicted molar refractivity (Wildman–Crippen MR) is 96.3 cm³/mol. The van der Waals surface area contributed by atoms with E-state index in [-0.39, 0.29) is 29.7 Å². The number of nitrogens with one attached hydrogen (secondary N) is 2. The molecule has 2 aliphatic rings. The number of halogens is 2. The van der Waals surface area contributed by atoms with E-state index in [9.17, 15) is 9.59 Å². The standard InChI is InChI=1S/C18H22Cl2N2O2/c19-14-8-5-9-15(20)16(14)22-18(24)13-10-12(13)17(23)21-11-6-3-1-2-4-7-11/h5,8-9,11-13H,1-4,6-7,10H2,(H,21,23)(H,22,24). The molecule has 0 aliphatic heterocycles. The van der Waals surface area contributed by atoms with E-state index in [2.05, 4.69) is 10.6 Å². The third-order valence-corrected chi connectivity index (χ3v) is 5.51. The summed E-state index contributed by atoms with van der Waals surface area (Å²) < 4.78 is 0. The SMILES string of the molecule is O=C(Nc1c(Cl)cccc1Cl)C1CC1C(=O)NC1CCCCCC1. The molecule has 130 valence electrons. The molecule has 2 aliphatic carbocycles. The minimum absolute atomic E-state index is 0.00676. The van der Waals surface area contributed by atoms with Crippen LogP contribution in [-0.2, 0) is 9.59 Å². The van der Waals surface area contributed by atoms with Crippen LogP contribution >= 0.6 is 23.2 Å². The van der Waals surface area contributed by atoms with Crippen LogP contribution in [0.25, 0.3) is 0 Å². The van der Waals surface area contributed by atoms with Gasteiger partial charge < -0.3 is 10.6 Å². The lowest BCUT2D eigenvalue weighted by atomic mass is 10.1. The number of para-hydroxylation sites is 1. The molecule has 0 aromatic heterocycles. The average molecular weight is 369 g/mol. The highest BCUT2D eigenvalue weighted by Gasteiger charge is 2.48. The third-order valence-electron chi connectivity index (χ3n) is 4.88. The zero-order valence-corrected chi connectivity index (χ0v) is 15.0. The maximum absolute atomic E-state index is 12.3. The second kappa shape index (κ2) is 7.75. The molecule has 2 unspecified atom stereocenters. The Bertz CT molecular complexity index is 607. The molecule has 0 bridgehead atoms. The summed E-state index contributed by atoms with van der Waals surface area (Å²) in [6, 6.07) is 5.33. The van der Waals surface area contributed by atoms with E-state index in [0.717, 1.165) is 12.8 Å². The molecular weight excluding hydrogens is 347 g/mol. The van der Waals surface area contributed by atoms with Crippen LogP contribution in [0.3, 0.4) is 0 Å². The fraction of sp³-hybridized carbons (Fsp3) is 0.556. The normalized spacial score (nSPS) is 24.1. The van der Waals surface area contributed by atoms with Crippen molar-refractivity contribution in [2.24, 2.45) is 11.8 Å². The molecule has 2 saturated carbocycles. The van der Waals surface area contributed by atoms with Gasteiger partial charge in [0.15, 0.2) is 0 Å². The van der Waals surface area contributed by atoms with Gasteiger partial charge in [-0.05, 0) is 31.4 Å². The molecule has 1 aromatic carbocycles. The molecular formula is C18H22Cl2N2O2. The Morgan fingerprint density at radius 1 is 0.917 bits per heavy atom. The fourth-order valence-corrected chi connectivity index (χ4v) is 3.83. The summed E-state index contributed by atoms with van der Waals surface area (Å²) in [6.45, 7) is 0. The molecule has 6 heteroatoms. The van der Waals surface area contributed by atoms with E-state index < -0.39 is 0 Å². The van der Waals surface area contributed by atoms with Crippen LogP contribution < -0.4 is 10.6 Å². The quantitative estimate of drug-likeness (QED) is 0.773. The molecule has 0 saturated heterocycles. The third kappa shape index (κ3) is 4.22. The Kier molecular flexibility index (Phi) is 5.67. The number of benzene rings is 1. The first-order valence-corrected chi connectivity index (χ1v) is 9.37. The number of carbonyl (C=O) groups excluding carboxylic acids is 2. The molecule has 2 amide bonds. The summed E-state index contributed by atoms with van der Waals surface area (Å²) in [5.41, 5.74) is 0.417. The van der Waals surface area contributed by atoms with Crippen molar-refractivity contribution in [3.63, 3.8) is 0 Å². The van der Waals surface area contributed by atoms with Gasteiger partial charge in [-0.1, -0.05) is 55.0 Å². The lowest BCUT2D eigenvalue weighted by molar-refractivity contribution is -0.125. The van der Waals surface area contributed by atoms with Gasteiger partial charge in [0.2, 0.25) is 11.8 Å². The number of hydrogen-bond donors (Lipinski definition) is 2. The molecule has 2 N–H and O–H groups in total. The van der Waals surface area contributed by atoms with E-state index in [1.807, 2.05) is 0 Å². The first-order valence-electron chi connectivity index (χ1n) is 8.61.